The second kappa shape index (κ2) is 7.36. The van der Waals surface area contributed by atoms with E-state index in [-0.39, 0.29) is 24.4 Å². The molecule has 100 valence electrons. The maximum Gasteiger partial charge on any atom is 0.253 e. The van der Waals surface area contributed by atoms with Gasteiger partial charge in [0.2, 0.25) is 0 Å². The lowest BCUT2D eigenvalue weighted by Gasteiger charge is -2.11. The van der Waals surface area contributed by atoms with Gasteiger partial charge in [-0.15, -0.1) is 12.4 Å². The van der Waals surface area contributed by atoms with Crippen molar-refractivity contribution in [3.05, 3.63) is 29.8 Å². The smallest absolute Gasteiger partial charge is 0.253 e. The van der Waals surface area contributed by atoms with Gasteiger partial charge in [-0.2, -0.15) is 0 Å². The summed E-state index contributed by atoms with van der Waals surface area (Å²) in [6.45, 7) is 1.49. The molecule has 0 unspecified atom stereocenters. The summed E-state index contributed by atoms with van der Waals surface area (Å²) in [6.07, 6.45) is 1.52. The first-order chi connectivity index (χ1) is 8.29. The van der Waals surface area contributed by atoms with Gasteiger partial charge in [0.15, 0.2) is 0 Å². The van der Waals surface area contributed by atoms with E-state index in [1.54, 1.807) is 0 Å². The van der Waals surface area contributed by atoms with Gasteiger partial charge in [0.1, 0.15) is 6.10 Å². The van der Waals surface area contributed by atoms with Crippen LogP contribution in [0.15, 0.2) is 24.3 Å². The van der Waals surface area contributed by atoms with Gasteiger partial charge in [0.05, 0.1) is 0 Å². The molecule has 1 heterocycles. The van der Waals surface area contributed by atoms with Gasteiger partial charge < -0.3 is 15.4 Å². The van der Waals surface area contributed by atoms with Crippen molar-refractivity contribution in [1.29, 1.82) is 0 Å². The molecule has 1 aliphatic heterocycles. The highest BCUT2D eigenvalue weighted by atomic mass is 35.5. The lowest BCUT2D eigenvalue weighted by atomic mass is 10.2. The summed E-state index contributed by atoms with van der Waals surface area (Å²) in [5, 5.41) is 5.97. The lowest BCUT2D eigenvalue weighted by molar-refractivity contribution is -0.124. The molecule has 2 N–H and O–H groups in total. The summed E-state index contributed by atoms with van der Waals surface area (Å²) < 4.78 is 5.34. The van der Waals surface area contributed by atoms with Crippen molar-refractivity contribution in [3.63, 3.8) is 0 Å². The Kier molecular flexibility index (Phi) is 6.12. The number of hydrogen-bond acceptors (Lipinski definition) is 3. The molecule has 5 heteroatoms. The van der Waals surface area contributed by atoms with Crippen LogP contribution in [0.3, 0.4) is 0 Å². The Balaban J connectivity index is 0.00000162. The molecular formula is C13H19ClN2O2. The fourth-order valence-electron chi connectivity index (χ4n) is 1.97. The normalized spacial score (nSPS) is 18.2. The highest BCUT2D eigenvalue weighted by Crippen LogP contribution is 2.16. The van der Waals surface area contributed by atoms with Gasteiger partial charge in [-0.25, -0.2) is 0 Å². The van der Waals surface area contributed by atoms with Crippen molar-refractivity contribution < 1.29 is 9.53 Å². The summed E-state index contributed by atoms with van der Waals surface area (Å²) in [5.41, 5.74) is 1.98. The molecule has 2 rings (SSSR count). The van der Waals surface area contributed by atoms with Gasteiger partial charge in [-0.1, -0.05) is 12.1 Å². The fourth-order valence-corrected chi connectivity index (χ4v) is 1.97. The Morgan fingerprint density at radius 3 is 3.00 bits per heavy atom. The molecule has 1 aromatic rings. The molecule has 1 atom stereocenters. The quantitative estimate of drug-likeness (QED) is 0.879. The van der Waals surface area contributed by atoms with Gasteiger partial charge >= 0.3 is 0 Å². The van der Waals surface area contributed by atoms with Crippen LogP contribution < -0.4 is 10.6 Å². The number of rotatable bonds is 4. The average Bonchev–Trinajstić information content (AvgIpc) is 2.83. The summed E-state index contributed by atoms with van der Waals surface area (Å²) in [5.74, 6) is -0.0379. The van der Waals surface area contributed by atoms with E-state index in [4.69, 9.17) is 4.74 Å². The van der Waals surface area contributed by atoms with Gasteiger partial charge in [0, 0.05) is 18.8 Å². The number of carbonyl (C=O) groups is 1. The number of ether oxygens (including phenoxy) is 1. The van der Waals surface area contributed by atoms with E-state index >= 15 is 0 Å². The number of carbonyl (C=O) groups excluding carboxylic acids is 1. The topological polar surface area (TPSA) is 50.4 Å². The maximum absolute atomic E-state index is 11.8. The van der Waals surface area contributed by atoms with Crippen LogP contribution in [-0.2, 0) is 16.1 Å². The van der Waals surface area contributed by atoms with E-state index in [1.165, 1.54) is 0 Å². The molecule has 0 bridgehead atoms. The molecule has 1 aromatic carbocycles. The third-order valence-electron chi connectivity index (χ3n) is 2.80. The Labute approximate surface area is 114 Å². The highest BCUT2D eigenvalue weighted by molar-refractivity contribution is 5.94. The molecule has 0 aromatic heterocycles. The first-order valence-electron chi connectivity index (χ1n) is 5.95. The fraction of sp³-hybridized carbons (Fsp3) is 0.462. The van der Waals surface area contributed by atoms with Crippen molar-refractivity contribution in [3.8, 4) is 0 Å². The molecule has 4 nitrogen and oxygen atoms in total. The first kappa shape index (κ1) is 15.0. The number of hydrogen-bond donors (Lipinski definition) is 2. The molecule has 0 spiro atoms. The van der Waals surface area contributed by atoms with Crippen LogP contribution in [-0.4, -0.2) is 25.7 Å². The standard InChI is InChI=1S/C13H18N2O2.ClH/c1-14-9-10-4-2-5-11(8-10)15-13(16)12-6-3-7-17-12;/h2,4-5,8,12,14H,3,6-7,9H2,1H3,(H,15,16);1H/t12-;/m0./s1. The molecule has 1 saturated heterocycles. The Morgan fingerprint density at radius 1 is 1.50 bits per heavy atom. The van der Waals surface area contributed by atoms with Gasteiger partial charge in [-0.3, -0.25) is 4.79 Å². The predicted octanol–water partition coefficient (Wildman–Crippen LogP) is 1.95. The SMILES string of the molecule is CNCc1cccc(NC(=O)[C@@H]2CCCO2)c1.Cl. The second-order valence-corrected chi connectivity index (χ2v) is 4.22. The molecule has 0 aliphatic carbocycles. The minimum absolute atomic E-state index is 0. The van der Waals surface area contributed by atoms with E-state index in [0.717, 1.165) is 30.6 Å². The van der Waals surface area contributed by atoms with E-state index in [1.807, 2.05) is 31.3 Å². The van der Waals surface area contributed by atoms with E-state index in [2.05, 4.69) is 10.6 Å². The van der Waals surface area contributed by atoms with Crippen LogP contribution in [0, 0.1) is 0 Å². The zero-order chi connectivity index (χ0) is 12.1. The van der Waals surface area contributed by atoms with Gasteiger partial charge in [0.25, 0.3) is 5.91 Å². The minimum Gasteiger partial charge on any atom is -0.368 e. The molecule has 1 fully saturated rings. The zero-order valence-electron chi connectivity index (χ0n) is 10.4. The Hall–Kier alpha value is -1.10. The van der Waals surface area contributed by atoms with Crippen LogP contribution in [0.1, 0.15) is 18.4 Å². The number of benzene rings is 1. The number of halogens is 1. The van der Waals surface area contributed by atoms with E-state index in [9.17, 15) is 4.79 Å². The third kappa shape index (κ3) is 3.98. The van der Waals surface area contributed by atoms with Crippen LogP contribution >= 0.6 is 12.4 Å². The van der Waals surface area contributed by atoms with Gasteiger partial charge in [-0.05, 0) is 37.6 Å². The van der Waals surface area contributed by atoms with Crippen molar-refractivity contribution in [2.24, 2.45) is 0 Å². The summed E-state index contributed by atoms with van der Waals surface area (Å²) in [6, 6.07) is 7.84. The maximum atomic E-state index is 11.8. The van der Waals surface area contributed by atoms with Crippen molar-refractivity contribution in [2.75, 3.05) is 19.0 Å². The molecule has 0 radical (unpaired) electrons. The number of amides is 1. The van der Waals surface area contributed by atoms with Crippen LogP contribution in [0.5, 0.6) is 0 Å². The van der Waals surface area contributed by atoms with Crippen LogP contribution in [0.4, 0.5) is 5.69 Å². The predicted molar refractivity (Wildman–Crippen MR) is 74.1 cm³/mol. The van der Waals surface area contributed by atoms with E-state index < -0.39 is 0 Å². The average molecular weight is 271 g/mol. The molecule has 1 aliphatic rings. The van der Waals surface area contributed by atoms with Crippen LogP contribution in [0.2, 0.25) is 0 Å². The zero-order valence-corrected chi connectivity index (χ0v) is 11.3. The van der Waals surface area contributed by atoms with Crippen LogP contribution in [0.25, 0.3) is 0 Å². The third-order valence-corrected chi connectivity index (χ3v) is 2.80. The van der Waals surface area contributed by atoms with Crippen molar-refractivity contribution in [1.82, 2.24) is 5.32 Å². The summed E-state index contributed by atoms with van der Waals surface area (Å²) in [4.78, 5) is 11.8. The summed E-state index contributed by atoms with van der Waals surface area (Å²) in [7, 11) is 1.90. The minimum atomic E-state index is -0.275. The second-order valence-electron chi connectivity index (χ2n) is 4.22. The number of nitrogens with one attached hydrogen (secondary N) is 2. The first-order valence-corrected chi connectivity index (χ1v) is 5.95. The van der Waals surface area contributed by atoms with E-state index in [0.29, 0.717) is 6.61 Å². The largest absolute Gasteiger partial charge is 0.368 e. The Morgan fingerprint density at radius 2 is 2.33 bits per heavy atom. The lowest BCUT2D eigenvalue weighted by Crippen LogP contribution is -2.26. The monoisotopic (exact) mass is 270 g/mol. The molecular weight excluding hydrogens is 252 g/mol. The molecule has 1 amide bonds. The number of anilines is 1. The molecule has 0 saturated carbocycles. The van der Waals surface area contributed by atoms with Crippen molar-refractivity contribution in [2.45, 2.75) is 25.5 Å². The molecule has 18 heavy (non-hydrogen) atoms. The Bertz CT molecular complexity index is 392. The summed E-state index contributed by atoms with van der Waals surface area (Å²) >= 11 is 0. The van der Waals surface area contributed by atoms with Crippen molar-refractivity contribution >= 4 is 24.0 Å². The highest BCUT2D eigenvalue weighted by Gasteiger charge is 2.23.